The topological polar surface area (TPSA) is 70.3 Å². The van der Waals surface area contributed by atoms with Crippen molar-refractivity contribution in [2.24, 2.45) is 0 Å². The molecule has 0 aliphatic heterocycles. The van der Waals surface area contributed by atoms with Gasteiger partial charge in [-0.3, -0.25) is 0 Å². The number of ether oxygens (including phenoxy) is 2. The number of thiophene rings is 1. The first kappa shape index (κ1) is 14.1. The molecule has 0 aliphatic carbocycles. The van der Waals surface area contributed by atoms with Gasteiger partial charge in [-0.15, -0.1) is 11.3 Å². The Morgan fingerprint density at radius 2 is 2.14 bits per heavy atom. The third-order valence-electron chi connectivity index (χ3n) is 2.90. The fourth-order valence-corrected chi connectivity index (χ4v) is 3.17. The molecule has 21 heavy (non-hydrogen) atoms. The number of para-hydroxylation sites is 1. The maximum Gasteiger partial charge on any atom is 0.175 e. The predicted molar refractivity (Wildman–Crippen MR) is 86.9 cm³/mol. The molecule has 0 unspecified atom stereocenters. The van der Waals surface area contributed by atoms with Crippen LogP contribution in [-0.2, 0) is 6.61 Å². The molecule has 2 N–H and O–H groups in total. The average Bonchev–Trinajstić information content (AvgIpc) is 2.94. The first-order valence-corrected chi connectivity index (χ1v) is 7.81. The lowest BCUT2D eigenvalue weighted by molar-refractivity contribution is 0.275. The van der Waals surface area contributed by atoms with Crippen molar-refractivity contribution in [3.8, 4) is 11.5 Å². The number of hydrogen-bond acceptors (Lipinski definition) is 6. The van der Waals surface area contributed by atoms with Crippen LogP contribution in [0.5, 0.6) is 11.5 Å². The molecule has 7 heteroatoms. The van der Waals surface area contributed by atoms with Gasteiger partial charge >= 0.3 is 0 Å². The van der Waals surface area contributed by atoms with Crippen molar-refractivity contribution in [1.82, 2.24) is 9.97 Å². The van der Waals surface area contributed by atoms with Gasteiger partial charge in [0, 0.05) is 0 Å². The maximum atomic E-state index is 5.92. The van der Waals surface area contributed by atoms with Crippen molar-refractivity contribution >= 4 is 43.3 Å². The summed E-state index contributed by atoms with van der Waals surface area (Å²) in [5.41, 5.74) is 5.92. The van der Waals surface area contributed by atoms with Gasteiger partial charge in [0.2, 0.25) is 0 Å². The first-order chi connectivity index (χ1) is 10.2. The van der Waals surface area contributed by atoms with E-state index in [9.17, 15) is 0 Å². The van der Waals surface area contributed by atoms with Gasteiger partial charge in [0.15, 0.2) is 17.3 Å². The van der Waals surface area contributed by atoms with E-state index in [0.717, 1.165) is 14.7 Å². The standard InChI is InChI=1S/C14H12BrN3O2S/c1-19-10-4-2-3-9(15)12(10)20-7-11-17-13(16)8-5-6-21-14(8)18-11/h2-6H,7H2,1H3,(H2,16,17,18). The molecule has 0 aliphatic rings. The van der Waals surface area contributed by atoms with Gasteiger partial charge in [-0.2, -0.15) is 0 Å². The Morgan fingerprint density at radius 3 is 2.95 bits per heavy atom. The summed E-state index contributed by atoms with van der Waals surface area (Å²) in [6, 6.07) is 7.51. The quantitative estimate of drug-likeness (QED) is 0.764. The van der Waals surface area contributed by atoms with Crippen LogP contribution in [-0.4, -0.2) is 17.1 Å². The van der Waals surface area contributed by atoms with Crippen molar-refractivity contribution in [1.29, 1.82) is 0 Å². The number of hydrogen-bond donors (Lipinski definition) is 1. The van der Waals surface area contributed by atoms with Crippen molar-refractivity contribution in [3.63, 3.8) is 0 Å². The summed E-state index contributed by atoms with van der Waals surface area (Å²) in [6.07, 6.45) is 0. The van der Waals surface area contributed by atoms with E-state index in [1.54, 1.807) is 7.11 Å². The molecule has 1 aromatic carbocycles. The summed E-state index contributed by atoms with van der Waals surface area (Å²) in [6.45, 7) is 0.219. The summed E-state index contributed by atoms with van der Waals surface area (Å²) in [7, 11) is 1.60. The smallest absolute Gasteiger partial charge is 0.175 e. The summed E-state index contributed by atoms with van der Waals surface area (Å²) in [5.74, 6) is 2.28. The summed E-state index contributed by atoms with van der Waals surface area (Å²) < 4.78 is 11.9. The molecule has 0 bridgehead atoms. The van der Waals surface area contributed by atoms with E-state index in [2.05, 4.69) is 25.9 Å². The number of nitrogens with zero attached hydrogens (tertiary/aromatic N) is 2. The van der Waals surface area contributed by atoms with Crippen LogP contribution in [0.2, 0.25) is 0 Å². The fourth-order valence-electron chi connectivity index (χ4n) is 1.92. The Kier molecular flexibility index (Phi) is 3.94. The highest BCUT2D eigenvalue weighted by atomic mass is 79.9. The highest BCUT2D eigenvalue weighted by molar-refractivity contribution is 9.10. The van der Waals surface area contributed by atoms with Crippen LogP contribution in [0.3, 0.4) is 0 Å². The third kappa shape index (κ3) is 2.79. The number of aromatic nitrogens is 2. The summed E-state index contributed by atoms with van der Waals surface area (Å²) in [5, 5.41) is 2.82. The molecule has 0 radical (unpaired) electrons. The Bertz CT molecular complexity index is 791. The minimum absolute atomic E-state index is 0.219. The molecule has 0 amide bonds. The number of anilines is 1. The second-order valence-electron chi connectivity index (χ2n) is 4.22. The molecule has 0 atom stereocenters. The zero-order chi connectivity index (χ0) is 14.8. The molecule has 3 aromatic rings. The molecule has 2 aromatic heterocycles. The largest absolute Gasteiger partial charge is 0.493 e. The fraction of sp³-hybridized carbons (Fsp3) is 0.143. The number of benzene rings is 1. The summed E-state index contributed by atoms with van der Waals surface area (Å²) in [4.78, 5) is 9.57. The Labute approximate surface area is 133 Å². The van der Waals surface area contributed by atoms with E-state index in [0.29, 0.717) is 23.1 Å². The van der Waals surface area contributed by atoms with Crippen LogP contribution in [0.15, 0.2) is 34.1 Å². The minimum Gasteiger partial charge on any atom is -0.493 e. The highest BCUT2D eigenvalue weighted by Gasteiger charge is 2.11. The van der Waals surface area contributed by atoms with Crippen LogP contribution in [0.25, 0.3) is 10.2 Å². The summed E-state index contributed by atoms with van der Waals surface area (Å²) >= 11 is 4.97. The van der Waals surface area contributed by atoms with E-state index < -0.39 is 0 Å². The second-order valence-corrected chi connectivity index (χ2v) is 5.97. The number of methoxy groups -OCH3 is 1. The van der Waals surface area contributed by atoms with Crippen molar-refractivity contribution < 1.29 is 9.47 Å². The second kappa shape index (κ2) is 5.87. The molecule has 108 valence electrons. The normalized spacial score (nSPS) is 10.8. The van der Waals surface area contributed by atoms with E-state index in [1.165, 1.54) is 11.3 Å². The molecule has 0 saturated heterocycles. The molecular weight excluding hydrogens is 354 g/mol. The maximum absolute atomic E-state index is 5.92. The number of nitrogens with two attached hydrogens (primary N) is 1. The number of nitrogen functional groups attached to an aromatic ring is 1. The van der Waals surface area contributed by atoms with Gasteiger partial charge in [-0.25, -0.2) is 9.97 Å². The van der Waals surface area contributed by atoms with Gasteiger partial charge in [-0.1, -0.05) is 6.07 Å². The van der Waals surface area contributed by atoms with Crippen molar-refractivity contribution in [2.45, 2.75) is 6.61 Å². The molecular formula is C14H12BrN3O2S. The van der Waals surface area contributed by atoms with Gasteiger partial charge in [0.25, 0.3) is 0 Å². The van der Waals surface area contributed by atoms with Crippen LogP contribution >= 0.6 is 27.3 Å². The molecule has 3 rings (SSSR count). The zero-order valence-electron chi connectivity index (χ0n) is 11.2. The molecule has 0 fully saturated rings. The number of halogens is 1. The van der Waals surface area contributed by atoms with E-state index in [-0.39, 0.29) is 6.61 Å². The van der Waals surface area contributed by atoms with E-state index in [4.69, 9.17) is 15.2 Å². The van der Waals surface area contributed by atoms with Crippen molar-refractivity contribution in [3.05, 3.63) is 39.9 Å². The first-order valence-electron chi connectivity index (χ1n) is 6.14. The van der Waals surface area contributed by atoms with Crippen LogP contribution in [0, 0.1) is 0 Å². The van der Waals surface area contributed by atoms with Crippen molar-refractivity contribution in [2.75, 3.05) is 12.8 Å². The zero-order valence-corrected chi connectivity index (χ0v) is 13.6. The Balaban J connectivity index is 1.86. The lowest BCUT2D eigenvalue weighted by Gasteiger charge is -2.11. The Hall–Kier alpha value is -1.86. The average molecular weight is 366 g/mol. The molecule has 0 saturated carbocycles. The SMILES string of the molecule is COc1cccc(Br)c1OCc1nc(N)c2ccsc2n1. The highest BCUT2D eigenvalue weighted by Crippen LogP contribution is 2.35. The Morgan fingerprint density at radius 1 is 1.29 bits per heavy atom. The molecule has 5 nitrogen and oxygen atoms in total. The number of fused-ring (bicyclic) bond motifs is 1. The van der Waals surface area contributed by atoms with Gasteiger partial charge < -0.3 is 15.2 Å². The van der Waals surface area contributed by atoms with Gasteiger partial charge in [-0.05, 0) is 39.5 Å². The lowest BCUT2D eigenvalue weighted by atomic mass is 10.3. The van der Waals surface area contributed by atoms with Crippen LogP contribution < -0.4 is 15.2 Å². The molecule has 2 heterocycles. The van der Waals surface area contributed by atoms with E-state index in [1.807, 2.05) is 29.6 Å². The monoisotopic (exact) mass is 365 g/mol. The third-order valence-corrected chi connectivity index (χ3v) is 4.33. The molecule has 0 spiro atoms. The number of rotatable bonds is 4. The van der Waals surface area contributed by atoms with E-state index >= 15 is 0 Å². The van der Waals surface area contributed by atoms with Crippen LogP contribution in [0.1, 0.15) is 5.82 Å². The lowest BCUT2D eigenvalue weighted by Crippen LogP contribution is -2.05. The van der Waals surface area contributed by atoms with Gasteiger partial charge in [0.1, 0.15) is 17.3 Å². The minimum atomic E-state index is 0.219. The van der Waals surface area contributed by atoms with Crippen LogP contribution in [0.4, 0.5) is 5.82 Å². The predicted octanol–water partition coefficient (Wildman–Crippen LogP) is 3.62. The van der Waals surface area contributed by atoms with Gasteiger partial charge in [0.05, 0.1) is 17.0 Å².